The number of phenolic OH excluding ortho intramolecular Hbond substituents is 2. The lowest BCUT2D eigenvalue weighted by Gasteiger charge is -2.20. The van der Waals surface area contributed by atoms with Crippen molar-refractivity contribution in [3.05, 3.63) is 42.0 Å². The molecule has 0 aliphatic carbocycles. The number of aromatic hydroxyl groups is 2. The van der Waals surface area contributed by atoms with Crippen molar-refractivity contribution in [2.75, 3.05) is 16.0 Å². The van der Waals surface area contributed by atoms with Gasteiger partial charge in [-0.25, -0.2) is 0 Å². The Balaban J connectivity index is 2.33. The molecule has 298 valence electrons. The van der Waals surface area contributed by atoms with Gasteiger partial charge in [0.05, 0.1) is 5.69 Å². The summed E-state index contributed by atoms with van der Waals surface area (Å²) in [4.78, 5) is 41.3. The molecule has 0 aromatic heterocycles. The van der Waals surface area contributed by atoms with E-state index in [0.29, 0.717) is 11.4 Å². The van der Waals surface area contributed by atoms with Crippen LogP contribution in [0.3, 0.4) is 0 Å². The standard InChI is InChI=1S/C45H73N3O5/c1-5-9-13-17-19-23-27-35(25-21-15-11-7-3)43(51)46-38-31-37(45(53)48-41-34-40(49)29-30-42(41)50)32-39(33-38)47-44(52)36(26-22-16-12-8-4)28-24-20-18-14-10-6-2/h29-36,49-50H,5-28H2,1-4H3,(H,46,51)(H,47,52)(H,48,53). The van der Waals surface area contributed by atoms with Crippen molar-refractivity contribution in [3.8, 4) is 11.5 Å². The number of carbonyl (C=O) groups excluding carboxylic acids is 3. The van der Waals surface area contributed by atoms with Gasteiger partial charge in [0.15, 0.2) is 0 Å². The van der Waals surface area contributed by atoms with E-state index >= 15 is 0 Å². The van der Waals surface area contributed by atoms with E-state index in [9.17, 15) is 24.6 Å². The van der Waals surface area contributed by atoms with Crippen LogP contribution in [0.1, 0.15) is 192 Å². The molecule has 2 aromatic carbocycles. The molecule has 2 atom stereocenters. The highest BCUT2D eigenvalue weighted by atomic mass is 16.3. The molecule has 0 spiro atoms. The Labute approximate surface area is 321 Å². The van der Waals surface area contributed by atoms with Crippen LogP contribution in [0, 0.1) is 11.8 Å². The van der Waals surface area contributed by atoms with Gasteiger partial charge < -0.3 is 26.2 Å². The molecule has 8 heteroatoms. The third-order valence-corrected chi connectivity index (χ3v) is 10.3. The topological polar surface area (TPSA) is 128 Å². The van der Waals surface area contributed by atoms with Gasteiger partial charge in [0.25, 0.3) is 5.91 Å². The molecule has 0 saturated heterocycles. The first-order valence-electron chi connectivity index (χ1n) is 21.3. The van der Waals surface area contributed by atoms with Gasteiger partial charge in [-0.15, -0.1) is 0 Å². The van der Waals surface area contributed by atoms with Gasteiger partial charge in [-0.05, 0) is 56.0 Å². The van der Waals surface area contributed by atoms with Crippen molar-refractivity contribution in [2.24, 2.45) is 11.8 Å². The minimum absolute atomic E-state index is 0.0622. The molecule has 0 heterocycles. The maximum Gasteiger partial charge on any atom is 0.255 e. The molecule has 0 saturated carbocycles. The summed E-state index contributed by atoms with van der Waals surface area (Å²) in [5.74, 6) is -1.22. The lowest BCUT2D eigenvalue weighted by atomic mass is 9.93. The van der Waals surface area contributed by atoms with Gasteiger partial charge in [0.1, 0.15) is 11.5 Å². The molecular formula is C45H73N3O5. The highest BCUT2D eigenvalue weighted by molar-refractivity contribution is 6.07. The molecule has 2 aromatic rings. The number of amides is 3. The average Bonchev–Trinajstić information content (AvgIpc) is 3.14. The van der Waals surface area contributed by atoms with Crippen LogP contribution in [0.2, 0.25) is 0 Å². The molecule has 0 aliphatic heterocycles. The summed E-state index contributed by atoms with van der Waals surface area (Å²) in [5.41, 5.74) is 1.16. The predicted molar refractivity (Wildman–Crippen MR) is 222 cm³/mol. The van der Waals surface area contributed by atoms with Crippen molar-refractivity contribution in [3.63, 3.8) is 0 Å². The lowest BCUT2D eigenvalue weighted by molar-refractivity contribution is -0.121. The van der Waals surface area contributed by atoms with Crippen molar-refractivity contribution in [1.29, 1.82) is 0 Å². The molecule has 53 heavy (non-hydrogen) atoms. The van der Waals surface area contributed by atoms with Crippen molar-refractivity contribution < 1.29 is 24.6 Å². The predicted octanol–water partition coefficient (Wildman–Crippen LogP) is 12.9. The molecule has 2 unspecified atom stereocenters. The Morgan fingerprint density at radius 2 is 0.868 bits per heavy atom. The lowest BCUT2D eigenvalue weighted by Crippen LogP contribution is -2.25. The number of nitrogens with one attached hydrogen (secondary N) is 3. The Morgan fingerprint density at radius 1 is 0.491 bits per heavy atom. The number of carbonyl (C=O) groups is 3. The monoisotopic (exact) mass is 736 g/mol. The Morgan fingerprint density at radius 3 is 1.28 bits per heavy atom. The first-order chi connectivity index (χ1) is 25.7. The largest absolute Gasteiger partial charge is 0.508 e. The molecule has 0 bridgehead atoms. The van der Waals surface area contributed by atoms with Crippen molar-refractivity contribution in [1.82, 2.24) is 0 Å². The van der Waals surface area contributed by atoms with E-state index in [1.807, 2.05) is 0 Å². The minimum atomic E-state index is -0.538. The Kier molecular flexibility index (Phi) is 24.1. The van der Waals surface area contributed by atoms with Crippen LogP contribution < -0.4 is 16.0 Å². The number of anilines is 3. The van der Waals surface area contributed by atoms with Gasteiger partial charge in [0.2, 0.25) is 11.8 Å². The number of hydrogen-bond donors (Lipinski definition) is 5. The first kappa shape index (κ1) is 45.6. The molecule has 0 aliphatic rings. The van der Waals surface area contributed by atoms with Crippen LogP contribution in [0.25, 0.3) is 0 Å². The van der Waals surface area contributed by atoms with Crippen LogP contribution >= 0.6 is 0 Å². The van der Waals surface area contributed by atoms with Gasteiger partial charge in [0, 0.05) is 34.8 Å². The van der Waals surface area contributed by atoms with Crippen molar-refractivity contribution in [2.45, 2.75) is 182 Å². The fraction of sp³-hybridized carbons (Fsp3) is 0.667. The smallest absolute Gasteiger partial charge is 0.255 e. The number of hydrogen-bond acceptors (Lipinski definition) is 5. The summed E-state index contributed by atoms with van der Waals surface area (Å²) in [7, 11) is 0. The maximum absolute atomic E-state index is 13.9. The van der Waals surface area contributed by atoms with Crippen LogP contribution in [0.5, 0.6) is 11.5 Å². The summed E-state index contributed by atoms with van der Waals surface area (Å²) in [6, 6.07) is 8.89. The van der Waals surface area contributed by atoms with E-state index in [-0.39, 0.29) is 46.4 Å². The third-order valence-electron chi connectivity index (χ3n) is 10.3. The SMILES string of the molecule is CCCCCCCCC(CCCCCC)C(=O)Nc1cc(NC(=O)C(CCCCCC)CCCCCCCC)cc(C(=O)Nc2cc(O)ccc2O)c1. The molecule has 2 rings (SSSR count). The van der Waals surface area contributed by atoms with Crippen LogP contribution in [0.4, 0.5) is 17.1 Å². The summed E-state index contributed by atoms with van der Waals surface area (Å²) in [6.45, 7) is 8.80. The van der Waals surface area contributed by atoms with Crippen LogP contribution in [0.15, 0.2) is 36.4 Å². The number of unbranched alkanes of at least 4 members (excludes halogenated alkanes) is 16. The van der Waals surface area contributed by atoms with Crippen molar-refractivity contribution >= 4 is 34.8 Å². The summed E-state index contributed by atoms with van der Waals surface area (Å²) in [5, 5.41) is 29.2. The van der Waals surface area contributed by atoms with Crippen LogP contribution in [-0.4, -0.2) is 27.9 Å². The Bertz CT molecular complexity index is 1260. The molecule has 0 radical (unpaired) electrons. The second-order valence-corrected chi connectivity index (χ2v) is 15.1. The van der Waals surface area contributed by atoms with E-state index in [2.05, 4.69) is 43.6 Å². The summed E-state index contributed by atoms with van der Waals surface area (Å²) >= 11 is 0. The normalized spacial score (nSPS) is 12.3. The third kappa shape index (κ3) is 19.4. The van der Waals surface area contributed by atoms with E-state index in [4.69, 9.17) is 0 Å². The van der Waals surface area contributed by atoms with Gasteiger partial charge in [-0.3, -0.25) is 14.4 Å². The molecule has 8 nitrogen and oxygen atoms in total. The zero-order valence-electron chi connectivity index (χ0n) is 33.7. The molecule has 5 N–H and O–H groups in total. The van der Waals surface area contributed by atoms with Gasteiger partial charge >= 0.3 is 0 Å². The summed E-state index contributed by atoms with van der Waals surface area (Å²) in [6.07, 6.45) is 26.0. The minimum Gasteiger partial charge on any atom is -0.508 e. The average molecular weight is 736 g/mol. The fourth-order valence-corrected chi connectivity index (χ4v) is 7.00. The number of benzene rings is 2. The zero-order valence-corrected chi connectivity index (χ0v) is 33.7. The first-order valence-corrected chi connectivity index (χ1v) is 21.3. The van der Waals surface area contributed by atoms with Gasteiger partial charge in [-0.2, -0.15) is 0 Å². The molecule has 0 fully saturated rings. The Hall–Kier alpha value is -3.55. The second-order valence-electron chi connectivity index (χ2n) is 15.1. The fourth-order valence-electron chi connectivity index (χ4n) is 7.00. The second kappa shape index (κ2) is 28.0. The van der Waals surface area contributed by atoms with Gasteiger partial charge in [-0.1, -0.05) is 156 Å². The van der Waals surface area contributed by atoms with E-state index in [0.717, 1.165) is 103 Å². The molecule has 3 amide bonds. The summed E-state index contributed by atoms with van der Waals surface area (Å²) < 4.78 is 0. The quantitative estimate of drug-likeness (QED) is 0.0310. The van der Waals surface area contributed by atoms with Crippen LogP contribution in [-0.2, 0) is 9.59 Å². The zero-order chi connectivity index (χ0) is 38.7. The number of phenols is 2. The van der Waals surface area contributed by atoms with E-state index in [1.165, 1.54) is 69.6 Å². The highest BCUT2D eigenvalue weighted by Crippen LogP contribution is 2.30. The van der Waals surface area contributed by atoms with E-state index < -0.39 is 5.91 Å². The molecular weight excluding hydrogens is 663 g/mol. The number of rotatable bonds is 30. The highest BCUT2D eigenvalue weighted by Gasteiger charge is 2.22. The van der Waals surface area contributed by atoms with E-state index in [1.54, 1.807) is 18.2 Å². The maximum atomic E-state index is 13.9.